The van der Waals surface area contributed by atoms with Crippen molar-refractivity contribution in [1.29, 1.82) is 0 Å². The van der Waals surface area contributed by atoms with Gasteiger partial charge in [0.25, 0.3) is 0 Å². The Morgan fingerprint density at radius 2 is 1.75 bits per heavy atom. The quantitative estimate of drug-likeness (QED) is 0.636. The molecule has 5 nitrogen and oxygen atoms in total. The molecule has 0 radical (unpaired) electrons. The maximum Gasteiger partial charge on any atom is 0.230 e. The highest BCUT2D eigenvalue weighted by Crippen LogP contribution is 2.11. The van der Waals surface area contributed by atoms with Crippen LogP contribution < -0.4 is 10.6 Å². The summed E-state index contributed by atoms with van der Waals surface area (Å²) < 4.78 is 0. The van der Waals surface area contributed by atoms with E-state index in [1.165, 1.54) is 6.92 Å². The first-order valence-corrected chi connectivity index (χ1v) is 9.22. The van der Waals surface area contributed by atoms with Gasteiger partial charge in [-0.1, -0.05) is 48.5 Å². The van der Waals surface area contributed by atoms with E-state index in [0.717, 1.165) is 36.6 Å². The van der Waals surface area contributed by atoms with Gasteiger partial charge >= 0.3 is 0 Å². The summed E-state index contributed by atoms with van der Waals surface area (Å²) in [4.78, 5) is 34.0. The van der Waals surface area contributed by atoms with Crippen molar-refractivity contribution in [1.82, 2.24) is 10.6 Å². The zero-order valence-corrected chi connectivity index (χ0v) is 15.2. The van der Waals surface area contributed by atoms with Crippen molar-refractivity contribution in [3.8, 4) is 0 Å². The topological polar surface area (TPSA) is 75.3 Å². The molecule has 2 N–H and O–H groups in total. The van der Waals surface area contributed by atoms with Crippen molar-refractivity contribution in [2.75, 3.05) is 12.3 Å². The number of benzene rings is 1. The SMILES string of the molecule is CC(=O)SCC(=O)NCCCCCC(=O)N[C@H](C)c1ccccc1. The van der Waals surface area contributed by atoms with Gasteiger partial charge < -0.3 is 10.6 Å². The van der Waals surface area contributed by atoms with Crippen LogP contribution in [-0.2, 0) is 14.4 Å². The van der Waals surface area contributed by atoms with E-state index in [2.05, 4.69) is 10.6 Å². The van der Waals surface area contributed by atoms with Crippen LogP contribution in [-0.4, -0.2) is 29.2 Å². The Bertz CT molecular complexity index is 534. The molecular weight excluding hydrogens is 324 g/mol. The van der Waals surface area contributed by atoms with Crippen LogP contribution in [0.1, 0.15) is 51.1 Å². The molecule has 132 valence electrons. The van der Waals surface area contributed by atoms with E-state index in [4.69, 9.17) is 0 Å². The fraction of sp³-hybridized carbons (Fsp3) is 0.500. The zero-order chi connectivity index (χ0) is 17.8. The Kier molecular flexibility index (Phi) is 9.84. The molecule has 1 rings (SSSR count). The van der Waals surface area contributed by atoms with Crippen molar-refractivity contribution in [2.24, 2.45) is 0 Å². The second kappa shape index (κ2) is 11.7. The van der Waals surface area contributed by atoms with Gasteiger partial charge in [0.1, 0.15) is 0 Å². The fourth-order valence-corrected chi connectivity index (χ4v) is 2.61. The molecule has 1 atom stereocenters. The van der Waals surface area contributed by atoms with E-state index < -0.39 is 0 Å². The summed E-state index contributed by atoms with van der Waals surface area (Å²) in [6.07, 6.45) is 3.00. The molecule has 0 saturated carbocycles. The zero-order valence-electron chi connectivity index (χ0n) is 14.3. The highest BCUT2D eigenvalue weighted by molar-refractivity contribution is 8.14. The summed E-state index contributed by atoms with van der Waals surface area (Å²) >= 11 is 1.01. The lowest BCUT2D eigenvalue weighted by Crippen LogP contribution is -2.27. The van der Waals surface area contributed by atoms with E-state index >= 15 is 0 Å². The monoisotopic (exact) mass is 350 g/mol. The molecule has 0 spiro atoms. The first-order valence-electron chi connectivity index (χ1n) is 8.23. The van der Waals surface area contributed by atoms with Gasteiger partial charge in [-0.05, 0) is 25.3 Å². The minimum atomic E-state index is -0.121. The third-order valence-electron chi connectivity index (χ3n) is 3.49. The first-order chi connectivity index (χ1) is 11.5. The lowest BCUT2D eigenvalue weighted by molar-refractivity contribution is -0.122. The van der Waals surface area contributed by atoms with Crippen molar-refractivity contribution < 1.29 is 14.4 Å². The highest BCUT2D eigenvalue weighted by Gasteiger charge is 2.08. The predicted octanol–water partition coefficient (Wildman–Crippen LogP) is 2.82. The Hall–Kier alpha value is -1.82. The van der Waals surface area contributed by atoms with Gasteiger partial charge in [-0.3, -0.25) is 14.4 Å². The summed E-state index contributed by atoms with van der Waals surface area (Å²) in [7, 11) is 0. The average molecular weight is 350 g/mol. The minimum Gasteiger partial charge on any atom is -0.355 e. The smallest absolute Gasteiger partial charge is 0.230 e. The summed E-state index contributed by atoms with van der Waals surface area (Å²) in [5.41, 5.74) is 1.09. The molecule has 6 heteroatoms. The van der Waals surface area contributed by atoms with E-state index in [1.54, 1.807) is 0 Å². The number of thioether (sulfide) groups is 1. The Balaban J connectivity index is 2.05. The van der Waals surface area contributed by atoms with Gasteiger partial charge in [0.05, 0.1) is 11.8 Å². The summed E-state index contributed by atoms with van der Waals surface area (Å²) in [6, 6.07) is 9.88. The number of rotatable bonds is 10. The van der Waals surface area contributed by atoms with Crippen LogP contribution in [0.15, 0.2) is 30.3 Å². The van der Waals surface area contributed by atoms with E-state index in [0.29, 0.717) is 13.0 Å². The summed E-state index contributed by atoms with van der Waals surface area (Å²) in [6.45, 7) is 4.00. The molecule has 2 amide bonds. The molecule has 1 aromatic rings. The highest BCUT2D eigenvalue weighted by atomic mass is 32.2. The molecular formula is C18H26N2O3S. The van der Waals surface area contributed by atoms with Crippen molar-refractivity contribution in [3.63, 3.8) is 0 Å². The molecule has 0 aromatic heterocycles. The lowest BCUT2D eigenvalue weighted by atomic mass is 10.1. The maximum atomic E-state index is 11.9. The number of unbranched alkanes of at least 4 members (excludes halogenated alkanes) is 2. The minimum absolute atomic E-state index is 0.0109. The van der Waals surface area contributed by atoms with Crippen LogP contribution >= 0.6 is 11.8 Å². The molecule has 1 aromatic carbocycles. The predicted molar refractivity (Wildman–Crippen MR) is 97.6 cm³/mol. The van der Waals surface area contributed by atoms with Gasteiger partial charge in [-0.15, -0.1) is 0 Å². The Labute approximate surface area is 148 Å². The largest absolute Gasteiger partial charge is 0.355 e. The van der Waals surface area contributed by atoms with Gasteiger partial charge in [0.2, 0.25) is 11.8 Å². The number of carbonyl (C=O) groups excluding carboxylic acids is 3. The van der Waals surface area contributed by atoms with Crippen LogP contribution in [0.3, 0.4) is 0 Å². The molecule has 0 bridgehead atoms. The molecule has 24 heavy (non-hydrogen) atoms. The van der Waals surface area contributed by atoms with Crippen LogP contribution in [0.5, 0.6) is 0 Å². The maximum absolute atomic E-state index is 11.9. The third-order valence-corrected chi connectivity index (χ3v) is 4.30. The van der Waals surface area contributed by atoms with Crippen LogP contribution in [0.4, 0.5) is 0 Å². The van der Waals surface area contributed by atoms with Crippen LogP contribution in [0.25, 0.3) is 0 Å². The van der Waals surface area contributed by atoms with E-state index in [-0.39, 0.29) is 28.7 Å². The molecule has 0 aliphatic heterocycles. The molecule has 0 fully saturated rings. The van der Waals surface area contributed by atoms with E-state index in [1.807, 2.05) is 37.3 Å². The number of amides is 2. The summed E-state index contributed by atoms with van der Waals surface area (Å²) in [5, 5.41) is 5.70. The number of nitrogens with one attached hydrogen (secondary N) is 2. The molecule has 0 aliphatic carbocycles. The molecule has 0 unspecified atom stereocenters. The Morgan fingerprint density at radius 3 is 2.42 bits per heavy atom. The molecule has 0 saturated heterocycles. The normalized spacial score (nSPS) is 11.6. The standard InChI is InChI=1S/C18H26N2O3S/c1-14(16-9-5-3-6-10-16)20-17(22)11-7-4-8-12-19-18(23)13-24-15(2)21/h3,5-6,9-10,14H,4,7-8,11-13H2,1-2H3,(H,19,23)(H,20,22)/t14-/m1/s1. The number of carbonyl (C=O) groups is 3. The van der Waals surface area contributed by atoms with Gasteiger partial charge in [0.15, 0.2) is 5.12 Å². The van der Waals surface area contributed by atoms with Gasteiger partial charge in [-0.2, -0.15) is 0 Å². The number of hydrogen-bond donors (Lipinski definition) is 2. The van der Waals surface area contributed by atoms with Crippen molar-refractivity contribution >= 4 is 28.7 Å². The summed E-state index contributed by atoms with van der Waals surface area (Å²) in [5.74, 6) is 0.104. The fourth-order valence-electron chi connectivity index (χ4n) is 2.17. The molecule has 0 heterocycles. The third kappa shape index (κ3) is 9.35. The van der Waals surface area contributed by atoms with Crippen LogP contribution in [0.2, 0.25) is 0 Å². The average Bonchev–Trinajstić information content (AvgIpc) is 2.56. The van der Waals surface area contributed by atoms with Gasteiger partial charge in [0, 0.05) is 19.9 Å². The second-order valence-electron chi connectivity index (χ2n) is 5.64. The van der Waals surface area contributed by atoms with Gasteiger partial charge in [-0.25, -0.2) is 0 Å². The van der Waals surface area contributed by atoms with Crippen molar-refractivity contribution in [3.05, 3.63) is 35.9 Å². The second-order valence-corrected chi connectivity index (χ2v) is 6.79. The molecule has 0 aliphatic rings. The lowest BCUT2D eigenvalue weighted by Gasteiger charge is -2.14. The number of hydrogen-bond acceptors (Lipinski definition) is 4. The first kappa shape index (κ1) is 20.2. The van der Waals surface area contributed by atoms with Crippen molar-refractivity contribution in [2.45, 2.75) is 45.6 Å². The van der Waals surface area contributed by atoms with E-state index in [9.17, 15) is 14.4 Å². The van der Waals surface area contributed by atoms with Crippen LogP contribution in [0, 0.1) is 0 Å². The Morgan fingerprint density at radius 1 is 1.04 bits per heavy atom.